The molecule has 2 N–H and O–H groups in total. The molecule has 0 aliphatic carbocycles. The van der Waals surface area contributed by atoms with E-state index in [1.807, 2.05) is 12.1 Å². The third-order valence-corrected chi connectivity index (χ3v) is 5.01. The largest absolute Gasteiger partial charge is 0.508 e. The molecule has 2 aromatic rings. The lowest BCUT2D eigenvalue weighted by molar-refractivity contribution is 0.464. The number of aryl methyl sites for hydroxylation is 2. The Labute approximate surface area is 146 Å². The molecule has 0 atom stereocenters. The molecular formula is C22H30O2. The predicted molar refractivity (Wildman–Crippen MR) is 101 cm³/mol. The highest BCUT2D eigenvalue weighted by atomic mass is 16.3. The van der Waals surface area contributed by atoms with E-state index in [2.05, 4.69) is 60.6 Å². The fourth-order valence-corrected chi connectivity index (χ4v) is 3.48. The summed E-state index contributed by atoms with van der Waals surface area (Å²) in [5.41, 5.74) is 6.65. The van der Waals surface area contributed by atoms with Crippen molar-refractivity contribution in [3.05, 3.63) is 57.6 Å². The van der Waals surface area contributed by atoms with Gasteiger partial charge in [0.25, 0.3) is 0 Å². The van der Waals surface area contributed by atoms with Crippen molar-refractivity contribution in [1.29, 1.82) is 0 Å². The fraction of sp³-hybridized carbons (Fsp3) is 0.455. The smallest absolute Gasteiger partial charge is 0.119 e. The number of hydrogen-bond donors (Lipinski definition) is 2. The van der Waals surface area contributed by atoms with Crippen LogP contribution in [0.25, 0.3) is 0 Å². The van der Waals surface area contributed by atoms with Gasteiger partial charge in [-0.2, -0.15) is 0 Å². The van der Waals surface area contributed by atoms with Crippen molar-refractivity contribution in [2.24, 2.45) is 0 Å². The van der Waals surface area contributed by atoms with Gasteiger partial charge in [-0.3, -0.25) is 0 Å². The molecular weight excluding hydrogens is 296 g/mol. The second-order valence-electron chi connectivity index (χ2n) is 7.57. The Morgan fingerprint density at radius 2 is 0.917 bits per heavy atom. The minimum Gasteiger partial charge on any atom is -0.508 e. The SMILES string of the molecule is Cc1cc(O)c(C(C)C)cc1C(C)c1cc(C(C)C)c(O)cc1C. The summed E-state index contributed by atoms with van der Waals surface area (Å²) in [5, 5.41) is 20.4. The van der Waals surface area contributed by atoms with Gasteiger partial charge in [-0.15, -0.1) is 0 Å². The molecule has 2 rings (SSSR count). The van der Waals surface area contributed by atoms with E-state index >= 15 is 0 Å². The van der Waals surface area contributed by atoms with Crippen LogP contribution in [0.3, 0.4) is 0 Å². The van der Waals surface area contributed by atoms with Crippen molar-refractivity contribution in [1.82, 2.24) is 0 Å². The number of phenolic OH excluding ortho intramolecular Hbond substituents is 2. The van der Waals surface area contributed by atoms with E-state index in [9.17, 15) is 10.2 Å². The Bertz CT molecular complexity index is 679. The van der Waals surface area contributed by atoms with Crippen LogP contribution in [0.4, 0.5) is 0 Å². The molecule has 0 heterocycles. The molecule has 0 unspecified atom stereocenters. The van der Waals surface area contributed by atoms with Crippen LogP contribution >= 0.6 is 0 Å². The molecule has 24 heavy (non-hydrogen) atoms. The first-order valence-electron chi connectivity index (χ1n) is 8.80. The number of rotatable bonds is 4. The molecule has 0 radical (unpaired) electrons. The minimum atomic E-state index is 0.209. The van der Waals surface area contributed by atoms with Gasteiger partial charge in [-0.1, -0.05) is 46.8 Å². The maximum Gasteiger partial charge on any atom is 0.119 e. The van der Waals surface area contributed by atoms with Crippen LogP contribution in [0.15, 0.2) is 24.3 Å². The lowest BCUT2D eigenvalue weighted by atomic mass is 9.83. The zero-order valence-electron chi connectivity index (χ0n) is 15.9. The van der Waals surface area contributed by atoms with E-state index in [1.54, 1.807) is 0 Å². The van der Waals surface area contributed by atoms with Crippen LogP contribution in [0.1, 0.15) is 85.8 Å². The van der Waals surface area contributed by atoms with Gasteiger partial charge < -0.3 is 10.2 Å². The summed E-state index contributed by atoms with van der Waals surface area (Å²) in [7, 11) is 0. The Morgan fingerprint density at radius 1 is 0.583 bits per heavy atom. The molecule has 130 valence electrons. The minimum absolute atomic E-state index is 0.209. The quantitative estimate of drug-likeness (QED) is 0.711. The standard InChI is InChI=1S/C22H30O2/c1-12(2)17-10-19(14(5)8-21(17)23)16(7)20-11-18(13(3)4)22(24)9-15(20)6/h8-13,16,23-24H,1-7H3. The molecule has 0 aliphatic heterocycles. The summed E-state index contributed by atoms with van der Waals surface area (Å²) in [4.78, 5) is 0. The van der Waals surface area contributed by atoms with Crippen molar-refractivity contribution in [3.63, 3.8) is 0 Å². The maximum absolute atomic E-state index is 10.2. The Balaban J connectivity index is 2.59. The maximum atomic E-state index is 10.2. The number of phenols is 2. The van der Waals surface area contributed by atoms with Gasteiger partial charge in [0.2, 0.25) is 0 Å². The van der Waals surface area contributed by atoms with Gasteiger partial charge >= 0.3 is 0 Å². The Morgan fingerprint density at radius 3 is 1.21 bits per heavy atom. The summed E-state index contributed by atoms with van der Waals surface area (Å²) in [6.45, 7) is 14.7. The number of benzene rings is 2. The number of aromatic hydroxyl groups is 2. The third kappa shape index (κ3) is 3.43. The molecule has 0 saturated carbocycles. The molecule has 0 spiro atoms. The molecule has 0 aliphatic rings. The van der Waals surface area contributed by atoms with Crippen molar-refractivity contribution >= 4 is 0 Å². The second kappa shape index (κ2) is 6.88. The van der Waals surface area contributed by atoms with E-state index in [0.29, 0.717) is 11.5 Å². The second-order valence-corrected chi connectivity index (χ2v) is 7.57. The average Bonchev–Trinajstić information content (AvgIpc) is 2.45. The first-order valence-corrected chi connectivity index (χ1v) is 8.80. The van der Waals surface area contributed by atoms with Crippen LogP contribution in [-0.2, 0) is 0 Å². The lowest BCUT2D eigenvalue weighted by Gasteiger charge is -2.22. The first-order chi connectivity index (χ1) is 11.1. The highest BCUT2D eigenvalue weighted by Gasteiger charge is 2.19. The molecule has 2 heteroatoms. The summed E-state index contributed by atoms with van der Waals surface area (Å²) in [6, 6.07) is 8.03. The summed E-state index contributed by atoms with van der Waals surface area (Å²) >= 11 is 0. The van der Waals surface area contributed by atoms with E-state index in [4.69, 9.17) is 0 Å². The van der Waals surface area contributed by atoms with Crippen LogP contribution in [0.2, 0.25) is 0 Å². The van der Waals surface area contributed by atoms with E-state index < -0.39 is 0 Å². The van der Waals surface area contributed by atoms with Crippen molar-refractivity contribution < 1.29 is 10.2 Å². The van der Waals surface area contributed by atoms with Crippen LogP contribution in [-0.4, -0.2) is 10.2 Å². The Kier molecular flexibility index (Phi) is 5.27. The normalized spacial score (nSPS) is 11.8. The molecule has 0 aromatic heterocycles. The number of hydrogen-bond acceptors (Lipinski definition) is 2. The summed E-state index contributed by atoms with van der Waals surface area (Å²) in [5.74, 6) is 1.53. The molecule has 2 nitrogen and oxygen atoms in total. The molecule has 0 saturated heterocycles. The molecule has 0 amide bonds. The van der Waals surface area contributed by atoms with Gasteiger partial charge in [0.1, 0.15) is 11.5 Å². The fourth-order valence-electron chi connectivity index (χ4n) is 3.48. The molecule has 0 fully saturated rings. The van der Waals surface area contributed by atoms with Crippen LogP contribution < -0.4 is 0 Å². The van der Waals surface area contributed by atoms with Gasteiger partial charge in [0, 0.05) is 5.92 Å². The summed E-state index contributed by atoms with van der Waals surface area (Å²) in [6.07, 6.45) is 0. The predicted octanol–water partition coefficient (Wildman–Crippen LogP) is 6.11. The van der Waals surface area contributed by atoms with Crippen molar-refractivity contribution in [2.45, 2.75) is 66.2 Å². The highest BCUT2D eigenvalue weighted by Crippen LogP contribution is 2.38. The van der Waals surface area contributed by atoms with Crippen molar-refractivity contribution in [3.8, 4) is 11.5 Å². The zero-order valence-corrected chi connectivity index (χ0v) is 15.9. The highest BCUT2D eigenvalue weighted by molar-refractivity contribution is 5.51. The summed E-state index contributed by atoms with van der Waals surface area (Å²) < 4.78 is 0. The van der Waals surface area contributed by atoms with Gasteiger partial charge in [-0.25, -0.2) is 0 Å². The monoisotopic (exact) mass is 326 g/mol. The molecule has 2 aromatic carbocycles. The van der Waals surface area contributed by atoms with E-state index in [-0.39, 0.29) is 17.8 Å². The lowest BCUT2D eigenvalue weighted by Crippen LogP contribution is -2.05. The van der Waals surface area contributed by atoms with Crippen LogP contribution in [0, 0.1) is 13.8 Å². The average molecular weight is 326 g/mol. The first kappa shape index (κ1) is 18.4. The Hall–Kier alpha value is -1.96. The van der Waals surface area contributed by atoms with Crippen LogP contribution in [0.5, 0.6) is 11.5 Å². The topological polar surface area (TPSA) is 40.5 Å². The molecule has 0 bridgehead atoms. The van der Waals surface area contributed by atoms with E-state index in [0.717, 1.165) is 22.3 Å². The third-order valence-electron chi connectivity index (χ3n) is 5.01. The van der Waals surface area contributed by atoms with E-state index in [1.165, 1.54) is 11.1 Å². The van der Waals surface area contributed by atoms with Gasteiger partial charge in [0.05, 0.1) is 0 Å². The zero-order chi connectivity index (χ0) is 18.2. The van der Waals surface area contributed by atoms with Gasteiger partial charge in [-0.05, 0) is 71.2 Å². The van der Waals surface area contributed by atoms with Gasteiger partial charge in [0.15, 0.2) is 0 Å². The van der Waals surface area contributed by atoms with Crippen molar-refractivity contribution in [2.75, 3.05) is 0 Å².